The van der Waals surface area contributed by atoms with Crippen LogP contribution in [0.2, 0.25) is 0 Å². The van der Waals surface area contributed by atoms with Gasteiger partial charge in [0.2, 0.25) is 0 Å². The normalized spacial score (nSPS) is 10.4. The minimum Gasteiger partial charge on any atom is -0.492 e. The molecule has 5 nitrogen and oxygen atoms in total. The highest BCUT2D eigenvalue weighted by molar-refractivity contribution is 5.85. The topological polar surface area (TPSA) is 64.4 Å². The highest BCUT2D eigenvalue weighted by Gasteiger charge is 2.15. The largest absolute Gasteiger partial charge is 0.492 e. The van der Waals surface area contributed by atoms with Crippen LogP contribution in [-0.2, 0) is 6.42 Å². The van der Waals surface area contributed by atoms with E-state index in [-0.39, 0.29) is 5.69 Å². The van der Waals surface area contributed by atoms with Crippen LogP contribution in [0.1, 0.15) is 30.0 Å². The zero-order chi connectivity index (χ0) is 13.8. The lowest BCUT2D eigenvalue weighted by atomic mass is 10.2. The van der Waals surface area contributed by atoms with E-state index in [2.05, 4.69) is 5.10 Å². The van der Waals surface area contributed by atoms with E-state index in [0.717, 1.165) is 11.4 Å². The van der Waals surface area contributed by atoms with E-state index < -0.39 is 5.97 Å². The predicted molar refractivity (Wildman–Crippen MR) is 71.1 cm³/mol. The molecule has 0 fully saturated rings. The summed E-state index contributed by atoms with van der Waals surface area (Å²) >= 11 is 0. The summed E-state index contributed by atoms with van der Waals surface area (Å²) in [6, 6.07) is 9.05. The molecule has 2 aromatic rings. The Kier molecular flexibility index (Phi) is 3.85. The molecule has 2 rings (SSSR count). The van der Waals surface area contributed by atoms with E-state index in [1.54, 1.807) is 10.7 Å². The number of aromatic carboxylic acids is 1. The van der Waals surface area contributed by atoms with Crippen LogP contribution in [-0.4, -0.2) is 27.5 Å². The Morgan fingerprint density at radius 2 is 2.11 bits per heavy atom. The summed E-state index contributed by atoms with van der Waals surface area (Å²) in [6.45, 7) is 4.41. The van der Waals surface area contributed by atoms with Gasteiger partial charge in [0.1, 0.15) is 11.4 Å². The van der Waals surface area contributed by atoms with Crippen molar-refractivity contribution in [2.75, 3.05) is 6.61 Å². The first kappa shape index (κ1) is 13.1. The van der Waals surface area contributed by atoms with Crippen molar-refractivity contribution in [1.82, 2.24) is 9.78 Å². The van der Waals surface area contributed by atoms with E-state index in [4.69, 9.17) is 9.84 Å². The van der Waals surface area contributed by atoms with Crippen LogP contribution >= 0.6 is 0 Å². The minimum absolute atomic E-state index is 0.0446. The molecule has 0 bridgehead atoms. The predicted octanol–water partition coefficient (Wildman–Crippen LogP) is 2.53. The molecule has 5 heteroatoms. The average Bonchev–Trinajstić information content (AvgIpc) is 2.84. The van der Waals surface area contributed by atoms with E-state index >= 15 is 0 Å². The summed E-state index contributed by atoms with van der Waals surface area (Å²) in [5.74, 6) is -0.331. The molecule has 1 heterocycles. The van der Waals surface area contributed by atoms with Crippen molar-refractivity contribution in [1.29, 1.82) is 0 Å². The fourth-order valence-corrected chi connectivity index (χ4v) is 1.89. The maximum atomic E-state index is 11.0. The number of aryl methyl sites for hydroxylation is 1. The van der Waals surface area contributed by atoms with Gasteiger partial charge in [-0.25, -0.2) is 9.48 Å². The molecule has 0 aliphatic rings. The summed E-state index contributed by atoms with van der Waals surface area (Å²) in [7, 11) is 0. The van der Waals surface area contributed by atoms with E-state index in [1.165, 1.54) is 0 Å². The second-order valence-electron chi connectivity index (χ2n) is 3.99. The maximum absolute atomic E-state index is 11.0. The number of carboxylic acid groups (broad SMARTS) is 1. The van der Waals surface area contributed by atoms with E-state index in [0.29, 0.717) is 18.8 Å². The third-order valence-corrected chi connectivity index (χ3v) is 2.76. The lowest BCUT2D eigenvalue weighted by molar-refractivity contribution is 0.0690. The molecule has 19 heavy (non-hydrogen) atoms. The molecule has 0 saturated carbocycles. The Labute approximate surface area is 111 Å². The average molecular weight is 260 g/mol. The molecule has 1 N–H and O–H groups in total. The number of benzene rings is 1. The monoisotopic (exact) mass is 260 g/mol. The summed E-state index contributed by atoms with van der Waals surface area (Å²) < 4.78 is 7.19. The minimum atomic E-state index is -1.03. The van der Waals surface area contributed by atoms with Crippen molar-refractivity contribution >= 4 is 5.97 Å². The summed E-state index contributed by atoms with van der Waals surface area (Å²) in [4.78, 5) is 11.0. The molecule has 0 amide bonds. The number of ether oxygens (including phenoxy) is 1. The molecule has 0 atom stereocenters. The Morgan fingerprint density at radius 1 is 1.37 bits per heavy atom. The number of rotatable bonds is 5. The van der Waals surface area contributed by atoms with Gasteiger partial charge >= 0.3 is 5.97 Å². The molecular formula is C14H16N2O3. The fraction of sp³-hybridized carbons (Fsp3) is 0.286. The highest BCUT2D eigenvalue weighted by atomic mass is 16.5. The Morgan fingerprint density at radius 3 is 2.74 bits per heavy atom. The Hall–Kier alpha value is -2.30. The van der Waals surface area contributed by atoms with Crippen molar-refractivity contribution < 1.29 is 14.6 Å². The second kappa shape index (κ2) is 5.56. The quantitative estimate of drug-likeness (QED) is 0.897. The number of para-hydroxylation sites is 2. The number of hydrogen-bond acceptors (Lipinski definition) is 3. The van der Waals surface area contributed by atoms with Crippen molar-refractivity contribution in [3.8, 4) is 11.4 Å². The van der Waals surface area contributed by atoms with Crippen molar-refractivity contribution in [3.05, 3.63) is 41.7 Å². The Bertz CT molecular complexity index is 590. The number of carbonyl (C=O) groups is 1. The van der Waals surface area contributed by atoms with Crippen LogP contribution in [0.25, 0.3) is 5.69 Å². The van der Waals surface area contributed by atoms with Crippen LogP contribution in [0.3, 0.4) is 0 Å². The molecular weight excluding hydrogens is 244 g/mol. The fourth-order valence-electron chi connectivity index (χ4n) is 1.89. The van der Waals surface area contributed by atoms with Gasteiger partial charge in [-0.1, -0.05) is 19.1 Å². The maximum Gasteiger partial charge on any atom is 0.356 e. The van der Waals surface area contributed by atoms with Gasteiger partial charge in [-0.2, -0.15) is 5.10 Å². The molecule has 0 spiro atoms. The van der Waals surface area contributed by atoms with Gasteiger partial charge < -0.3 is 9.84 Å². The van der Waals surface area contributed by atoms with E-state index in [9.17, 15) is 4.79 Å². The van der Waals surface area contributed by atoms with Gasteiger partial charge in [-0.05, 0) is 31.5 Å². The molecule has 1 aromatic carbocycles. The van der Waals surface area contributed by atoms with Crippen molar-refractivity contribution in [3.63, 3.8) is 0 Å². The molecule has 0 unspecified atom stereocenters. The lowest BCUT2D eigenvalue weighted by Crippen LogP contribution is -2.06. The standard InChI is InChI=1S/C14H16N2O3/c1-3-10-9-11(14(17)18)15-16(10)12-7-5-6-8-13(12)19-4-2/h5-9H,3-4H2,1-2H3,(H,17,18). The third-order valence-electron chi connectivity index (χ3n) is 2.76. The van der Waals surface area contributed by atoms with Crippen LogP contribution in [0.5, 0.6) is 5.75 Å². The third kappa shape index (κ3) is 2.59. The van der Waals surface area contributed by atoms with Gasteiger partial charge in [0.15, 0.2) is 5.69 Å². The second-order valence-corrected chi connectivity index (χ2v) is 3.99. The summed E-state index contributed by atoms with van der Waals surface area (Å²) in [6.07, 6.45) is 0.695. The SMILES string of the molecule is CCOc1ccccc1-n1nc(C(=O)O)cc1CC. The molecule has 0 radical (unpaired) electrons. The van der Waals surface area contributed by atoms with Crippen LogP contribution in [0.4, 0.5) is 0 Å². The first-order valence-corrected chi connectivity index (χ1v) is 6.21. The van der Waals surface area contributed by atoms with Crippen LogP contribution in [0.15, 0.2) is 30.3 Å². The number of carboxylic acids is 1. The van der Waals surface area contributed by atoms with Crippen LogP contribution in [0, 0.1) is 0 Å². The van der Waals surface area contributed by atoms with Gasteiger partial charge in [0.05, 0.1) is 6.61 Å². The van der Waals surface area contributed by atoms with E-state index in [1.807, 2.05) is 38.1 Å². The molecule has 0 aliphatic heterocycles. The highest BCUT2D eigenvalue weighted by Crippen LogP contribution is 2.24. The lowest BCUT2D eigenvalue weighted by Gasteiger charge is -2.11. The number of hydrogen-bond donors (Lipinski definition) is 1. The molecule has 0 aliphatic carbocycles. The Balaban J connectivity index is 2.54. The van der Waals surface area contributed by atoms with Gasteiger partial charge in [-0.15, -0.1) is 0 Å². The van der Waals surface area contributed by atoms with Crippen LogP contribution < -0.4 is 4.74 Å². The zero-order valence-corrected chi connectivity index (χ0v) is 11.0. The molecule has 1 aromatic heterocycles. The van der Waals surface area contributed by atoms with Gasteiger partial charge in [0, 0.05) is 5.69 Å². The number of nitrogens with zero attached hydrogens (tertiary/aromatic N) is 2. The first-order valence-electron chi connectivity index (χ1n) is 6.21. The summed E-state index contributed by atoms with van der Waals surface area (Å²) in [5, 5.41) is 13.2. The summed E-state index contributed by atoms with van der Waals surface area (Å²) in [5.41, 5.74) is 1.64. The van der Waals surface area contributed by atoms with Gasteiger partial charge in [-0.3, -0.25) is 0 Å². The molecule has 100 valence electrons. The molecule has 0 saturated heterocycles. The number of aromatic nitrogens is 2. The van der Waals surface area contributed by atoms with Crippen molar-refractivity contribution in [2.45, 2.75) is 20.3 Å². The first-order chi connectivity index (χ1) is 9.17. The zero-order valence-electron chi connectivity index (χ0n) is 11.0. The van der Waals surface area contributed by atoms with Gasteiger partial charge in [0.25, 0.3) is 0 Å². The smallest absolute Gasteiger partial charge is 0.356 e. The van der Waals surface area contributed by atoms with Crippen molar-refractivity contribution in [2.24, 2.45) is 0 Å².